The summed E-state index contributed by atoms with van der Waals surface area (Å²) in [4.78, 5) is 4.93. The van der Waals surface area contributed by atoms with Crippen molar-refractivity contribution < 1.29 is 0 Å². The summed E-state index contributed by atoms with van der Waals surface area (Å²) in [5, 5.41) is 9.31. The summed E-state index contributed by atoms with van der Waals surface area (Å²) >= 11 is 0. The van der Waals surface area contributed by atoms with Gasteiger partial charge in [0, 0.05) is 12.5 Å². The van der Waals surface area contributed by atoms with Crippen LogP contribution < -0.4 is 0 Å². The SMILES string of the molecule is CC(C)CC1(c2nc3c(C#N)cccc3n2C)CCCC1. The topological polar surface area (TPSA) is 41.6 Å². The van der Waals surface area contributed by atoms with Gasteiger partial charge >= 0.3 is 0 Å². The zero-order valence-electron chi connectivity index (χ0n) is 13.2. The number of para-hydroxylation sites is 1. The summed E-state index contributed by atoms with van der Waals surface area (Å²) in [6, 6.07) is 8.17. The lowest BCUT2D eigenvalue weighted by Crippen LogP contribution is -2.28. The van der Waals surface area contributed by atoms with E-state index in [4.69, 9.17) is 4.98 Å². The van der Waals surface area contributed by atoms with Gasteiger partial charge in [-0.05, 0) is 37.3 Å². The van der Waals surface area contributed by atoms with Crippen LogP contribution in [0.4, 0.5) is 0 Å². The molecule has 1 aromatic carbocycles. The molecule has 1 saturated carbocycles. The number of rotatable bonds is 3. The summed E-state index contributed by atoms with van der Waals surface area (Å²) in [5.74, 6) is 1.85. The lowest BCUT2D eigenvalue weighted by atomic mass is 9.77. The van der Waals surface area contributed by atoms with Gasteiger partial charge in [-0.3, -0.25) is 0 Å². The van der Waals surface area contributed by atoms with Crippen LogP contribution in [0, 0.1) is 17.2 Å². The third-order valence-corrected chi connectivity index (χ3v) is 4.87. The summed E-state index contributed by atoms with van der Waals surface area (Å²) in [5.41, 5.74) is 2.84. The zero-order valence-corrected chi connectivity index (χ0v) is 13.2. The quantitative estimate of drug-likeness (QED) is 0.841. The summed E-state index contributed by atoms with van der Waals surface area (Å²) in [6.45, 7) is 4.59. The fourth-order valence-corrected chi connectivity index (χ4v) is 4.13. The predicted octanol–water partition coefficient (Wildman–Crippen LogP) is 4.30. The van der Waals surface area contributed by atoms with E-state index in [1.165, 1.54) is 37.9 Å². The van der Waals surface area contributed by atoms with E-state index < -0.39 is 0 Å². The Labute approximate surface area is 126 Å². The lowest BCUT2D eigenvalue weighted by Gasteiger charge is -2.30. The van der Waals surface area contributed by atoms with Crippen molar-refractivity contribution in [1.82, 2.24) is 9.55 Å². The molecular weight excluding hydrogens is 258 g/mol. The van der Waals surface area contributed by atoms with E-state index in [2.05, 4.69) is 37.6 Å². The molecule has 0 bridgehead atoms. The van der Waals surface area contributed by atoms with Gasteiger partial charge in [0.1, 0.15) is 17.4 Å². The van der Waals surface area contributed by atoms with E-state index in [1.807, 2.05) is 12.1 Å². The largest absolute Gasteiger partial charge is 0.331 e. The highest BCUT2D eigenvalue weighted by Gasteiger charge is 2.40. The molecule has 3 heteroatoms. The van der Waals surface area contributed by atoms with Gasteiger partial charge < -0.3 is 4.57 Å². The Hall–Kier alpha value is -1.82. The number of fused-ring (bicyclic) bond motifs is 1. The number of aryl methyl sites for hydroxylation is 1. The Balaban J connectivity index is 2.19. The van der Waals surface area contributed by atoms with Crippen molar-refractivity contribution in [2.75, 3.05) is 0 Å². The standard InChI is InChI=1S/C18H23N3/c1-13(2)11-18(9-4-5-10-18)17-20-16-14(12-19)7-6-8-15(16)21(17)3/h6-8,13H,4-5,9-11H2,1-3H3. The van der Waals surface area contributed by atoms with Crippen LogP contribution in [0.25, 0.3) is 11.0 Å². The first-order valence-corrected chi connectivity index (χ1v) is 7.93. The number of nitriles is 1. The average Bonchev–Trinajstić information content (AvgIpc) is 3.04. The molecule has 3 nitrogen and oxygen atoms in total. The van der Waals surface area contributed by atoms with Gasteiger partial charge in [0.15, 0.2) is 0 Å². The molecule has 0 atom stereocenters. The minimum Gasteiger partial charge on any atom is -0.331 e. The first kappa shape index (κ1) is 14.1. The maximum absolute atomic E-state index is 9.31. The number of benzene rings is 1. The van der Waals surface area contributed by atoms with Crippen molar-refractivity contribution in [3.05, 3.63) is 29.6 Å². The Bertz CT molecular complexity index is 697. The molecule has 110 valence electrons. The van der Waals surface area contributed by atoms with Crippen molar-refractivity contribution in [3.63, 3.8) is 0 Å². The molecule has 0 radical (unpaired) electrons. The number of imidazole rings is 1. The fourth-order valence-electron chi connectivity index (χ4n) is 4.13. The third kappa shape index (κ3) is 2.23. The Morgan fingerprint density at radius 3 is 2.67 bits per heavy atom. The van der Waals surface area contributed by atoms with Gasteiger partial charge in [0.25, 0.3) is 0 Å². The average molecular weight is 281 g/mol. The van der Waals surface area contributed by atoms with Crippen LogP contribution in [0.2, 0.25) is 0 Å². The fraction of sp³-hybridized carbons (Fsp3) is 0.556. The van der Waals surface area contributed by atoms with Gasteiger partial charge in [0.2, 0.25) is 0 Å². The molecule has 1 aliphatic rings. The number of nitrogens with zero attached hydrogens (tertiary/aromatic N) is 3. The van der Waals surface area contributed by atoms with Crippen LogP contribution in [0.5, 0.6) is 0 Å². The van der Waals surface area contributed by atoms with E-state index >= 15 is 0 Å². The number of hydrogen-bond donors (Lipinski definition) is 0. The Morgan fingerprint density at radius 1 is 1.33 bits per heavy atom. The van der Waals surface area contributed by atoms with Crippen LogP contribution in [0.3, 0.4) is 0 Å². The smallest absolute Gasteiger partial charge is 0.115 e. The molecule has 1 fully saturated rings. The first-order chi connectivity index (χ1) is 10.1. The maximum atomic E-state index is 9.31. The molecule has 0 spiro atoms. The normalized spacial score (nSPS) is 17.5. The van der Waals surface area contributed by atoms with Gasteiger partial charge in [-0.15, -0.1) is 0 Å². The van der Waals surface area contributed by atoms with Crippen LogP contribution in [-0.2, 0) is 12.5 Å². The molecule has 1 aliphatic carbocycles. The molecule has 0 N–H and O–H groups in total. The van der Waals surface area contributed by atoms with Crippen LogP contribution in [0.15, 0.2) is 18.2 Å². The Kier molecular flexibility index (Phi) is 3.49. The molecule has 21 heavy (non-hydrogen) atoms. The van der Waals surface area contributed by atoms with E-state index in [-0.39, 0.29) is 5.41 Å². The van der Waals surface area contributed by atoms with Crippen molar-refractivity contribution >= 4 is 11.0 Å². The van der Waals surface area contributed by atoms with Gasteiger partial charge in [-0.2, -0.15) is 5.26 Å². The Morgan fingerprint density at radius 2 is 2.05 bits per heavy atom. The maximum Gasteiger partial charge on any atom is 0.115 e. The van der Waals surface area contributed by atoms with E-state index in [0.29, 0.717) is 11.5 Å². The highest BCUT2D eigenvalue weighted by Crippen LogP contribution is 2.45. The molecule has 1 heterocycles. The van der Waals surface area contributed by atoms with Crippen LogP contribution in [0.1, 0.15) is 57.3 Å². The summed E-state index contributed by atoms with van der Waals surface area (Å²) in [6.07, 6.45) is 6.22. The van der Waals surface area contributed by atoms with Gasteiger partial charge in [-0.1, -0.05) is 32.8 Å². The molecule has 0 unspecified atom stereocenters. The number of hydrogen-bond acceptors (Lipinski definition) is 2. The van der Waals surface area contributed by atoms with Gasteiger partial charge in [-0.25, -0.2) is 4.98 Å². The second kappa shape index (κ2) is 5.18. The molecule has 2 aromatic rings. The highest BCUT2D eigenvalue weighted by molar-refractivity contribution is 5.82. The van der Waals surface area contributed by atoms with E-state index in [0.717, 1.165) is 11.0 Å². The van der Waals surface area contributed by atoms with Gasteiger partial charge in [0.05, 0.1) is 11.1 Å². The minimum absolute atomic E-state index is 0.203. The van der Waals surface area contributed by atoms with E-state index in [9.17, 15) is 5.26 Å². The van der Waals surface area contributed by atoms with Crippen molar-refractivity contribution in [3.8, 4) is 6.07 Å². The molecule has 0 saturated heterocycles. The highest BCUT2D eigenvalue weighted by atomic mass is 15.1. The monoisotopic (exact) mass is 281 g/mol. The predicted molar refractivity (Wildman–Crippen MR) is 85.0 cm³/mol. The third-order valence-electron chi connectivity index (χ3n) is 4.87. The molecule has 0 aliphatic heterocycles. The molecule has 0 amide bonds. The van der Waals surface area contributed by atoms with Crippen molar-refractivity contribution in [2.45, 2.75) is 51.4 Å². The summed E-state index contributed by atoms with van der Waals surface area (Å²) in [7, 11) is 2.10. The second-order valence-electron chi connectivity index (χ2n) is 6.86. The second-order valence-corrected chi connectivity index (χ2v) is 6.86. The molecular formula is C18H23N3. The molecule has 3 rings (SSSR count). The number of aromatic nitrogens is 2. The van der Waals surface area contributed by atoms with Crippen LogP contribution >= 0.6 is 0 Å². The van der Waals surface area contributed by atoms with Crippen molar-refractivity contribution in [2.24, 2.45) is 13.0 Å². The lowest BCUT2D eigenvalue weighted by molar-refractivity contribution is 0.323. The molecule has 1 aromatic heterocycles. The van der Waals surface area contributed by atoms with Crippen molar-refractivity contribution in [1.29, 1.82) is 5.26 Å². The van der Waals surface area contributed by atoms with E-state index in [1.54, 1.807) is 0 Å². The van der Waals surface area contributed by atoms with Crippen LogP contribution in [-0.4, -0.2) is 9.55 Å². The first-order valence-electron chi connectivity index (χ1n) is 7.93. The zero-order chi connectivity index (χ0) is 15.0. The minimum atomic E-state index is 0.203. The summed E-state index contributed by atoms with van der Waals surface area (Å²) < 4.78 is 2.23.